The first-order chi connectivity index (χ1) is 15.5. The van der Waals surface area contributed by atoms with Crippen molar-refractivity contribution in [3.05, 3.63) is 71.0 Å². The molecule has 0 atom stereocenters. The monoisotopic (exact) mass is 492 g/mol. The molecule has 32 heavy (non-hydrogen) atoms. The fourth-order valence-electron chi connectivity index (χ4n) is 2.74. The van der Waals surface area contributed by atoms with Crippen LogP contribution in [0, 0.1) is 0 Å². The molecule has 0 spiro atoms. The molecule has 1 amide bonds. The molecule has 1 N–H and O–H groups in total. The first-order valence-corrected chi connectivity index (χ1v) is 11.5. The highest BCUT2D eigenvalue weighted by atomic mass is 35.5. The molecular formula is C22H22Cl2N4O3S. The van der Waals surface area contributed by atoms with Crippen molar-refractivity contribution in [2.45, 2.75) is 25.2 Å². The van der Waals surface area contributed by atoms with Gasteiger partial charge in [0.2, 0.25) is 5.91 Å². The molecule has 0 saturated carbocycles. The van der Waals surface area contributed by atoms with Gasteiger partial charge >= 0.3 is 0 Å². The van der Waals surface area contributed by atoms with Crippen molar-refractivity contribution in [2.24, 2.45) is 0 Å². The molecule has 0 radical (unpaired) electrons. The summed E-state index contributed by atoms with van der Waals surface area (Å²) < 4.78 is 13.1. The zero-order valence-electron chi connectivity index (χ0n) is 17.4. The first kappa shape index (κ1) is 24.0. The Balaban J connectivity index is 1.64. The molecule has 0 fully saturated rings. The maximum absolute atomic E-state index is 12.5. The van der Waals surface area contributed by atoms with Crippen molar-refractivity contribution in [1.82, 2.24) is 14.8 Å². The highest BCUT2D eigenvalue weighted by Crippen LogP contribution is 2.29. The molecule has 10 heteroatoms. The van der Waals surface area contributed by atoms with Gasteiger partial charge in [0.25, 0.3) is 0 Å². The van der Waals surface area contributed by atoms with Crippen LogP contribution in [0.1, 0.15) is 12.7 Å². The van der Waals surface area contributed by atoms with Gasteiger partial charge in [-0.05, 0) is 31.2 Å². The lowest BCUT2D eigenvalue weighted by molar-refractivity contribution is -0.113. The summed E-state index contributed by atoms with van der Waals surface area (Å²) in [5, 5.41) is 12.8. The molecule has 3 aromatic rings. The average molecular weight is 493 g/mol. The van der Waals surface area contributed by atoms with E-state index in [0.717, 1.165) is 0 Å². The number of hydrogen-bond donors (Lipinski definition) is 1. The standard InChI is InChI=1S/C22H22Cl2N4O3S/c1-3-11-28-20(13-31-19-12-15(23)9-10-16(19)24)26-27-22(28)32-14-21(29)25-17-7-5-6-8-18(17)30-4-2/h3,5-10,12H,1,4,11,13-14H2,2H3,(H,25,29). The summed E-state index contributed by atoms with van der Waals surface area (Å²) >= 11 is 13.4. The van der Waals surface area contributed by atoms with Crippen LogP contribution in [0.15, 0.2) is 60.3 Å². The number of nitrogens with zero attached hydrogens (tertiary/aromatic N) is 3. The largest absolute Gasteiger partial charge is 0.492 e. The number of ether oxygens (including phenoxy) is 2. The van der Waals surface area contributed by atoms with Gasteiger partial charge < -0.3 is 14.8 Å². The summed E-state index contributed by atoms with van der Waals surface area (Å²) in [5.41, 5.74) is 0.625. The summed E-state index contributed by atoms with van der Waals surface area (Å²) in [5.74, 6) is 1.62. The number of aromatic nitrogens is 3. The summed E-state index contributed by atoms with van der Waals surface area (Å²) in [6.07, 6.45) is 1.72. The number of hydrogen-bond acceptors (Lipinski definition) is 6. The topological polar surface area (TPSA) is 78.3 Å². The minimum absolute atomic E-state index is 0.134. The SMILES string of the molecule is C=CCn1c(COc2cc(Cl)ccc2Cl)nnc1SCC(=O)Nc1ccccc1OCC. The third-order valence-corrected chi connectivity index (χ3v) is 5.66. The van der Waals surface area contributed by atoms with E-state index < -0.39 is 0 Å². The molecule has 0 saturated heterocycles. The van der Waals surface area contributed by atoms with Crippen molar-refractivity contribution in [1.29, 1.82) is 0 Å². The molecular weight excluding hydrogens is 471 g/mol. The number of rotatable bonds is 11. The molecule has 2 aromatic carbocycles. The summed E-state index contributed by atoms with van der Waals surface area (Å²) in [6.45, 7) is 6.78. The first-order valence-electron chi connectivity index (χ1n) is 9.77. The predicted octanol–water partition coefficient (Wildman–Crippen LogP) is 5.48. The van der Waals surface area contributed by atoms with Crippen LogP contribution in [-0.2, 0) is 17.9 Å². The number of carbonyl (C=O) groups excluding carboxylic acids is 1. The second-order valence-electron chi connectivity index (χ2n) is 6.43. The van der Waals surface area contributed by atoms with Crippen LogP contribution in [0.25, 0.3) is 0 Å². The molecule has 168 valence electrons. The smallest absolute Gasteiger partial charge is 0.234 e. The van der Waals surface area contributed by atoms with Gasteiger partial charge in [-0.3, -0.25) is 9.36 Å². The van der Waals surface area contributed by atoms with E-state index in [4.69, 9.17) is 32.7 Å². The number of para-hydroxylation sites is 2. The molecule has 0 aliphatic heterocycles. The van der Waals surface area contributed by atoms with E-state index in [9.17, 15) is 4.79 Å². The minimum atomic E-state index is -0.182. The number of benzene rings is 2. The summed E-state index contributed by atoms with van der Waals surface area (Å²) in [7, 11) is 0. The quantitative estimate of drug-likeness (QED) is 0.282. The fourth-order valence-corrected chi connectivity index (χ4v) is 3.84. The van der Waals surface area contributed by atoms with Gasteiger partial charge in [-0.15, -0.1) is 16.8 Å². The van der Waals surface area contributed by atoms with Crippen LogP contribution in [0.4, 0.5) is 5.69 Å². The maximum Gasteiger partial charge on any atom is 0.234 e. The minimum Gasteiger partial charge on any atom is -0.492 e. The molecule has 0 unspecified atom stereocenters. The summed E-state index contributed by atoms with van der Waals surface area (Å²) in [6, 6.07) is 12.3. The fraction of sp³-hybridized carbons (Fsp3) is 0.227. The maximum atomic E-state index is 12.5. The Bertz CT molecular complexity index is 1090. The van der Waals surface area contributed by atoms with Gasteiger partial charge in [0.15, 0.2) is 11.0 Å². The van der Waals surface area contributed by atoms with Crippen LogP contribution in [-0.4, -0.2) is 33.0 Å². The van der Waals surface area contributed by atoms with Crippen LogP contribution in [0.3, 0.4) is 0 Å². The third-order valence-electron chi connectivity index (χ3n) is 4.15. The Labute approximate surface area is 200 Å². The van der Waals surface area contributed by atoms with Crippen molar-refractivity contribution < 1.29 is 14.3 Å². The number of nitrogens with one attached hydrogen (secondary N) is 1. The van der Waals surface area contributed by atoms with E-state index in [1.807, 2.05) is 29.7 Å². The van der Waals surface area contributed by atoms with E-state index in [1.165, 1.54) is 11.8 Å². The Morgan fingerprint density at radius 3 is 2.78 bits per heavy atom. The molecule has 7 nitrogen and oxygen atoms in total. The van der Waals surface area contributed by atoms with Crippen molar-refractivity contribution in [2.75, 3.05) is 17.7 Å². The number of halogens is 2. The highest BCUT2D eigenvalue weighted by molar-refractivity contribution is 7.99. The van der Waals surface area contributed by atoms with Crippen molar-refractivity contribution in [3.63, 3.8) is 0 Å². The molecule has 3 rings (SSSR count). The van der Waals surface area contributed by atoms with E-state index in [0.29, 0.717) is 51.4 Å². The lowest BCUT2D eigenvalue weighted by Crippen LogP contribution is -2.15. The number of carbonyl (C=O) groups is 1. The van der Waals surface area contributed by atoms with Gasteiger partial charge in [0, 0.05) is 17.6 Å². The van der Waals surface area contributed by atoms with Crippen LogP contribution >= 0.6 is 35.0 Å². The molecule has 0 aliphatic rings. The second kappa shape index (κ2) is 11.8. The van der Waals surface area contributed by atoms with Gasteiger partial charge in [-0.25, -0.2) is 0 Å². The Morgan fingerprint density at radius 2 is 2.00 bits per heavy atom. The molecule has 1 heterocycles. The van der Waals surface area contributed by atoms with E-state index >= 15 is 0 Å². The van der Waals surface area contributed by atoms with Gasteiger partial charge in [0.1, 0.15) is 18.1 Å². The molecule has 1 aromatic heterocycles. The number of amides is 1. The number of thioether (sulfide) groups is 1. The molecule has 0 bridgehead atoms. The molecule has 0 aliphatic carbocycles. The normalized spacial score (nSPS) is 10.6. The van der Waals surface area contributed by atoms with Crippen molar-refractivity contribution in [3.8, 4) is 11.5 Å². The van der Waals surface area contributed by atoms with E-state index in [2.05, 4.69) is 22.1 Å². The lowest BCUT2D eigenvalue weighted by atomic mass is 10.3. The highest BCUT2D eigenvalue weighted by Gasteiger charge is 2.15. The second-order valence-corrected chi connectivity index (χ2v) is 8.21. The number of anilines is 1. The van der Waals surface area contributed by atoms with Gasteiger partial charge in [-0.1, -0.05) is 53.2 Å². The zero-order valence-corrected chi connectivity index (χ0v) is 19.7. The van der Waals surface area contributed by atoms with Gasteiger partial charge in [0.05, 0.1) is 23.1 Å². The average Bonchev–Trinajstić information content (AvgIpc) is 3.16. The third kappa shape index (κ3) is 6.41. The Hall–Kier alpha value is -2.68. The van der Waals surface area contributed by atoms with E-state index in [1.54, 1.807) is 30.3 Å². The van der Waals surface area contributed by atoms with Crippen molar-refractivity contribution >= 4 is 46.6 Å². The van der Waals surface area contributed by atoms with Crippen LogP contribution in [0.2, 0.25) is 10.0 Å². The summed E-state index contributed by atoms with van der Waals surface area (Å²) in [4.78, 5) is 12.5. The van der Waals surface area contributed by atoms with E-state index in [-0.39, 0.29) is 18.3 Å². The van der Waals surface area contributed by atoms with Gasteiger partial charge in [-0.2, -0.15) is 0 Å². The van der Waals surface area contributed by atoms with Crippen LogP contribution in [0.5, 0.6) is 11.5 Å². The lowest BCUT2D eigenvalue weighted by Gasteiger charge is -2.12. The number of allylic oxidation sites excluding steroid dienone is 1. The van der Waals surface area contributed by atoms with Crippen LogP contribution < -0.4 is 14.8 Å². The Kier molecular flexibility index (Phi) is 8.84. The Morgan fingerprint density at radius 1 is 1.19 bits per heavy atom. The predicted molar refractivity (Wildman–Crippen MR) is 128 cm³/mol. The zero-order chi connectivity index (χ0) is 22.9.